The summed E-state index contributed by atoms with van der Waals surface area (Å²) >= 11 is 0. The molecule has 4 nitrogen and oxygen atoms in total. The summed E-state index contributed by atoms with van der Waals surface area (Å²) in [5.74, 6) is 1.89. The second-order valence-corrected chi connectivity index (χ2v) is 6.76. The lowest BCUT2D eigenvalue weighted by atomic mass is 10.1. The average Bonchev–Trinajstić information content (AvgIpc) is 3.12. The SMILES string of the molecule is CCc1[nH]c([C@H]2CC(=O)N(CC(C)C)C2)nc1-c1ccccc1. The van der Waals surface area contributed by atoms with E-state index in [-0.39, 0.29) is 11.8 Å². The van der Waals surface area contributed by atoms with Gasteiger partial charge in [-0.25, -0.2) is 4.98 Å². The van der Waals surface area contributed by atoms with Gasteiger partial charge < -0.3 is 9.88 Å². The minimum absolute atomic E-state index is 0.184. The molecule has 1 saturated heterocycles. The van der Waals surface area contributed by atoms with E-state index in [4.69, 9.17) is 4.98 Å². The molecule has 1 aliphatic heterocycles. The fourth-order valence-corrected chi connectivity index (χ4v) is 3.29. The number of nitrogens with zero attached hydrogens (tertiary/aromatic N) is 2. The monoisotopic (exact) mass is 311 g/mol. The smallest absolute Gasteiger partial charge is 0.223 e. The van der Waals surface area contributed by atoms with E-state index in [1.54, 1.807) is 0 Å². The van der Waals surface area contributed by atoms with Gasteiger partial charge in [0.05, 0.1) is 5.69 Å². The molecule has 2 heterocycles. The highest BCUT2D eigenvalue weighted by Crippen LogP contribution is 2.30. The summed E-state index contributed by atoms with van der Waals surface area (Å²) in [5.41, 5.74) is 3.31. The van der Waals surface area contributed by atoms with E-state index in [9.17, 15) is 4.79 Å². The van der Waals surface area contributed by atoms with Gasteiger partial charge in [-0.15, -0.1) is 0 Å². The molecule has 0 aliphatic carbocycles. The molecule has 0 radical (unpaired) electrons. The number of amides is 1. The summed E-state index contributed by atoms with van der Waals surface area (Å²) in [6.45, 7) is 8.05. The lowest BCUT2D eigenvalue weighted by molar-refractivity contribution is -0.128. The van der Waals surface area contributed by atoms with Crippen molar-refractivity contribution in [2.24, 2.45) is 5.92 Å². The summed E-state index contributed by atoms with van der Waals surface area (Å²) < 4.78 is 0. The number of hydrogen-bond acceptors (Lipinski definition) is 2. The maximum absolute atomic E-state index is 12.2. The minimum Gasteiger partial charge on any atom is -0.345 e. The Hall–Kier alpha value is -2.10. The van der Waals surface area contributed by atoms with E-state index in [2.05, 4.69) is 37.9 Å². The number of benzene rings is 1. The molecule has 3 rings (SSSR count). The van der Waals surface area contributed by atoms with Gasteiger partial charge in [-0.1, -0.05) is 51.1 Å². The normalized spacial score (nSPS) is 18.2. The van der Waals surface area contributed by atoms with Crippen LogP contribution >= 0.6 is 0 Å². The third-order valence-electron chi connectivity index (χ3n) is 4.38. The number of aryl methyl sites for hydroxylation is 1. The molecular formula is C19H25N3O. The average molecular weight is 311 g/mol. The van der Waals surface area contributed by atoms with Gasteiger partial charge in [-0.2, -0.15) is 0 Å². The number of hydrogen-bond donors (Lipinski definition) is 1. The van der Waals surface area contributed by atoms with Crippen molar-refractivity contribution < 1.29 is 4.79 Å². The van der Waals surface area contributed by atoms with Crippen LogP contribution in [-0.2, 0) is 11.2 Å². The Morgan fingerprint density at radius 1 is 1.30 bits per heavy atom. The number of imidazole rings is 1. The van der Waals surface area contributed by atoms with Crippen LogP contribution in [0.3, 0.4) is 0 Å². The van der Waals surface area contributed by atoms with E-state index in [0.29, 0.717) is 12.3 Å². The largest absolute Gasteiger partial charge is 0.345 e. The standard InChI is InChI=1S/C19H25N3O/c1-4-16-18(14-8-6-5-7-9-14)21-19(20-16)15-10-17(23)22(12-15)11-13(2)3/h5-9,13,15H,4,10-12H2,1-3H3,(H,20,21)/t15-/m0/s1. The van der Waals surface area contributed by atoms with Crippen LogP contribution in [0.15, 0.2) is 30.3 Å². The Labute approximate surface area is 137 Å². The number of aromatic amines is 1. The fraction of sp³-hybridized carbons (Fsp3) is 0.474. The molecule has 0 spiro atoms. The summed E-state index contributed by atoms with van der Waals surface area (Å²) in [4.78, 5) is 22.5. The Morgan fingerprint density at radius 2 is 2.04 bits per heavy atom. The molecule has 1 aliphatic rings. The maximum Gasteiger partial charge on any atom is 0.223 e. The van der Waals surface area contributed by atoms with Crippen molar-refractivity contribution in [2.45, 2.75) is 39.5 Å². The molecule has 1 amide bonds. The van der Waals surface area contributed by atoms with Crippen LogP contribution in [0.1, 0.15) is 44.6 Å². The molecular weight excluding hydrogens is 286 g/mol. The summed E-state index contributed by atoms with van der Waals surface area (Å²) in [7, 11) is 0. The zero-order valence-electron chi connectivity index (χ0n) is 14.2. The number of aromatic nitrogens is 2. The Bertz CT molecular complexity index is 675. The van der Waals surface area contributed by atoms with Crippen molar-refractivity contribution >= 4 is 5.91 Å². The van der Waals surface area contributed by atoms with Crippen LogP contribution in [0.5, 0.6) is 0 Å². The van der Waals surface area contributed by atoms with Crippen molar-refractivity contribution in [3.63, 3.8) is 0 Å². The van der Waals surface area contributed by atoms with Crippen molar-refractivity contribution in [2.75, 3.05) is 13.1 Å². The van der Waals surface area contributed by atoms with Crippen LogP contribution in [-0.4, -0.2) is 33.9 Å². The molecule has 0 unspecified atom stereocenters. The highest BCUT2D eigenvalue weighted by atomic mass is 16.2. The summed E-state index contributed by atoms with van der Waals surface area (Å²) in [6.07, 6.45) is 1.48. The molecule has 122 valence electrons. The predicted octanol–water partition coefficient (Wildman–Crippen LogP) is 3.61. The van der Waals surface area contributed by atoms with Gasteiger partial charge in [0.1, 0.15) is 5.82 Å². The third-order valence-corrected chi connectivity index (χ3v) is 4.38. The molecule has 1 fully saturated rings. The van der Waals surface area contributed by atoms with Gasteiger partial charge in [0, 0.05) is 36.7 Å². The van der Waals surface area contributed by atoms with E-state index in [0.717, 1.165) is 42.3 Å². The molecule has 1 atom stereocenters. The second-order valence-electron chi connectivity index (χ2n) is 6.76. The van der Waals surface area contributed by atoms with E-state index >= 15 is 0 Å². The summed E-state index contributed by atoms with van der Waals surface area (Å²) in [5, 5.41) is 0. The molecule has 4 heteroatoms. The molecule has 1 aromatic carbocycles. The minimum atomic E-state index is 0.184. The molecule has 0 bridgehead atoms. The van der Waals surface area contributed by atoms with Crippen LogP contribution in [0, 0.1) is 5.92 Å². The van der Waals surface area contributed by atoms with Gasteiger partial charge in [0.15, 0.2) is 0 Å². The molecule has 1 aromatic heterocycles. The number of carbonyl (C=O) groups is 1. The van der Waals surface area contributed by atoms with Gasteiger partial charge >= 0.3 is 0 Å². The number of rotatable bonds is 5. The maximum atomic E-state index is 12.2. The highest BCUT2D eigenvalue weighted by Gasteiger charge is 2.33. The van der Waals surface area contributed by atoms with Crippen LogP contribution in [0.25, 0.3) is 11.3 Å². The van der Waals surface area contributed by atoms with Gasteiger partial charge in [-0.05, 0) is 12.3 Å². The quantitative estimate of drug-likeness (QED) is 0.917. The first kappa shape index (κ1) is 15.8. The lowest BCUT2D eigenvalue weighted by Gasteiger charge is -2.18. The van der Waals surface area contributed by atoms with Crippen molar-refractivity contribution in [3.05, 3.63) is 41.9 Å². The van der Waals surface area contributed by atoms with Crippen molar-refractivity contribution in [1.29, 1.82) is 0 Å². The van der Waals surface area contributed by atoms with Gasteiger partial charge in [0.25, 0.3) is 0 Å². The third kappa shape index (κ3) is 3.31. The summed E-state index contributed by atoms with van der Waals surface area (Å²) in [6, 6.07) is 10.3. The van der Waals surface area contributed by atoms with E-state index < -0.39 is 0 Å². The van der Waals surface area contributed by atoms with Gasteiger partial charge in [-0.3, -0.25) is 4.79 Å². The Kier molecular flexibility index (Phi) is 4.51. The Balaban J connectivity index is 1.85. The zero-order valence-corrected chi connectivity index (χ0v) is 14.2. The fourth-order valence-electron chi connectivity index (χ4n) is 3.29. The van der Waals surface area contributed by atoms with E-state index in [1.165, 1.54) is 0 Å². The number of likely N-dealkylation sites (tertiary alicyclic amines) is 1. The molecule has 1 N–H and O–H groups in total. The first-order valence-corrected chi connectivity index (χ1v) is 8.50. The van der Waals surface area contributed by atoms with Crippen molar-refractivity contribution in [3.8, 4) is 11.3 Å². The Morgan fingerprint density at radius 3 is 2.70 bits per heavy atom. The number of carbonyl (C=O) groups excluding carboxylic acids is 1. The molecule has 2 aromatic rings. The number of nitrogens with one attached hydrogen (secondary N) is 1. The molecule has 0 saturated carbocycles. The van der Waals surface area contributed by atoms with Crippen molar-refractivity contribution in [1.82, 2.24) is 14.9 Å². The number of H-pyrrole nitrogens is 1. The topological polar surface area (TPSA) is 49.0 Å². The van der Waals surface area contributed by atoms with Crippen LogP contribution in [0.4, 0.5) is 0 Å². The highest BCUT2D eigenvalue weighted by molar-refractivity contribution is 5.79. The van der Waals surface area contributed by atoms with E-state index in [1.807, 2.05) is 23.1 Å². The molecule has 23 heavy (non-hydrogen) atoms. The lowest BCUT2D eigenvalue weighted by Crippen LogP contribution is -2.29. The first-order valence-electron chi connectivity index (χ1n) is 8.50. The predicted molar refractivity (Wildman–Crippen MR) is 92.2 cm³/mol. The van der Waals surface area contributed by atoms with Crippen LogP contribution in [0.2, 0.25) is 0 Å². The van der Waals surface area contributed by atoms with Crippen LogP contribution < -0.4 is 0 Å². The first-order chi connectivity index (χ1) is 11.1. The van der Waals surface area contributed by atoms with Gasteiger partial charge in [0.2, 0.25) is 5.91 Å². The zero-order chi connectivity index (χ0) is 16.4. The second kappa shape index (κ2) is 6.57.